The second kappa shape index (κ2) is 6.22. The van der Waals surface area contributed by atoms with Crippen molar-refractivity contribution in [3.63, 3.8) is 0 Å². The average molecular weight is 240 g/mol. The molecule has 18 heavy (non-hydrogen) atoms. The average Bonchev–Trinajstić information content (AvgIpc) is 2.46. The summed E-state index contributed by atoms with van der Waals surface area (Å²) in [6.07, 6.45) is 1.03. The van der Waals surface area contributed by atoms with Crippen LogP contribution in [-0.2, 0) is 13.0 Å². The van der Waals surface area contributed by atoms with Gasteiger partial charge in [0.05, 0.1) is 0 Å². The second-order valence-electron chi connectivity index (χ2n) is 4.48. The number of nitrogens with zero attached hydrogens (tertiary/aromatic N) is 1. The van der Waals surface area contributed by atoms with Crippen LogP contribution in [0.1, 0.15) is 11.1 Å². The Labute approximate surface area is 109 Å². The Kier molecular flexibility index (Phi) is 4.37. The summed E-state index contributed by atoms with van der Waals surface area (Å²) >= 11 is 0. The molecule has 2 rings (SSSR count). The Hall–Kier alpha value is -1.80. The van der Waals surface area contributed by atoms with Gasteiger partial charge in [0.15, 0.2) is 0 Å². The topological polar surface area (TPSA) is 29.3 Å². The molecule has 0 unspecified atom stereocenters. The standard InChI is InChI=1S/C16H20N2/c1-18(16-9-3-2-4-10-16)12-11-14-7-5-6-8-15(14)13-17/h2-10H,11-13,17H2,1H3. The van der Waals surface area contributed by atoms with Gasteiger partial charge in [-0.3, -0.25) is 0 Å². The molecule has 2 aromatic carbocycles. The van der Waals surface area contributed by atoms with Gasteiger partial charge in [-0.05, 0) is 29.7 Å². The molecular formula is C16H20N2. The number of benzene rings is 2. The fourth-order valence-electron chi connectivity index (χ4n) is 2.10. The Morgan fingerprint density at radius 2 is 1.50 bits per heavy atom. The molecule has 2 nitrogen and oxygen atoms in total. The number of nitrogens with two attached hydrogens (primary N) is 1. The van der Waals surface area contributed by atoms with Crippen LogP contribution < -0.4 is 10.6 Å². The highest BCUT2D eigenvalue weighted by molar-refractivity contribution is 5.45. The van der Waals surface area contributed by atoms with Crippen molar-refractivity contribution < 1.29 is 0 Å². The first kappa shape index (κ1) is 12.7. The smallest absolute Gasteiger partial charge is 0.0363 e. The molecule has 2 N–H and O–H groups in total. The number of likely N-dealkylation sites (N-methyl/N-ethyl adjacent to an activating group) is 1. The molecule has 2 heteroatoms. The summed E-state index contributed by atoms with van der Waals surface area (Å²) in [4.78, 5) is 2.27. The molecule has 0 aliphatic rings. The van der Waals surface area contributed by atoms with Gasteiger partial charge >= 0.3 is 0 Å². The van der Waals surface area contributed by atoms with Crippen LogP contribution in [0, 0.1) is 0 Å². The zero-order valence-electron chi connectivity index (χ0n) is 10.8. The molecule has 94 valence electrons. The van der Waals surface area contributed by atoms with E-state index in [4.69, 9.17) is 5.73 Å². The highest BCUT2D eigenvalue weighted by Crippen LogP contribution is 2.13. The van der Waals surface area contributed by atoms with Gasteiger partial charge < -0.3 is 10.6 Å². The first-order chi connectivity index (χ1) is 8.81. The fourth-order valence-corrected chi connectivity index (χ4v) is 2.10. The summed E-state index contributed by atoms with van der Waals surface area (Å²) in [7, 11) is 2.13. The Balaban J connectivity index is 1.99. The number of anilines is 1. The third-order valence-corrected chi connectivity index (χ3v) is 3.25. The maximum atomic E-state index is 5.75. The van der Waals surface area contributed by atoms with Crippen LogP contribution in [0.2, 0.25) is 0 Å². The lowest BCUT2D eigenvalue weighted by Gasteiger charge is -2.20. The van der Waals surface area contributed by atoms with Crippen LogP contribution in [0.4, 0.5) is 5.69 Å². The maximum Gasteiger partial charge on any atom is 0.0363 e. The van der Waals surface area contributed by atoms with Crippen LogP contribution in [0.25, 0.3) is 0 Å². The number of hydrogen-bond acceptors (Lipinski definition) is 2. The van der Waals surface area contributed by atoms with E-state index in [0.717, 1.165) is 13.0 Å². The minimum atomic E-state index is 0.616. The van der Waals surface area contributed by atoms with E-state index in [9.17, 15) is 0 Å². The molecule has 0 aromatic heterocycles. The van der Waals surface area contributed by atoms with Crippen molar-refractivity contribution in [2.45, 2.75) is 13.0 Å². The van der Waals surface area contributed by atoms with Crippen LogP contribution >= 0.6 is 0 Å². The van der Waals surface area contributed by atoms with Gasteiger partial charge in [0, 0.05) is 25.8 Å². The van der Waals surface area contributed by atoms with Gasteiger partial charge in [0.25, 0.3) is 0 Å². The highest BCUT2D eigenvalue weighted by atomic mass is 15.1. The van der Waals surface area contributed by atoms with Crippen molar-refractivity contribution in [2.24, 2.45) is 5.73 Å². The molecule has 2 aromatic rings. The lowest BCUT2D eigenvalue weighted by atomic mass is 10.0. The molecule has 0 bridgehead atoms. The fraction of sp³-hybridized carbons (Fsp3) is 0.250. The lowest BCUT2D eigenvalue weighted by Crippen LogP contribution is -2.20. The molecular weight excluding hydrogens is 220 g/mol. The molecule has 0 heterocycles. The van der Waals surface area contributed by atoms with Gasteiger partial charge in [-0.1, -0.05) is 42.5 Å². The molecule has 0 saturated carbocycles. The molecule has 0 fully saturated rings. The first-order valence-electron chi connectivity index (χ1n) is 6.34. The van der Waals surface area contributed by atoms with E-state index >= 15 is 0 Å². The lowest BCUT2D eigenvalue weighted by molar-refractivity contribution is 0.861. The largest absolute Gasteiger partial charge is 0.374 e. The summed E-state index contributed by atoms with van der Waals surface area (Å²) in [5, 5.41) is 0. The van der Waals surface area contributed by atoms with E-state index in [1.807, 2.05) is 12.1 Å². The maximum absolute atomic E-state index is 5.75. The third kappa shape index (κ3) is 3.11. The van der Waals surface area contributed by atoms with Crippen molar-refractivity contribution in [3.05, 3.63) is 65.7 Å². The Bertz CT molecular complexity index is 479. The Morgan fingerprint density at radius 3 is 2.17 bits per heavy atom. The predicted molar refractivity (Wildman–Crippen MR) is 77.7 cm³/mol. The van der Waals surface area contributed by atoms with E-state index in [1.54, 1.807) is 0 Å². The second-order valence-corrected chi connectivity index (χ2v) is 4.48. The summed E-state index contributed by atoms with van der Waals surface area (Å²) < 4.78 is 0. The molecule has 0 amide bonds. The van der Waals surface area contributed by atoms with Crippen LogP contribution in [-0.4, -0.2) is 13.6 Å². The van der Waals surface area contributed by atoms with Crippen molar-refractivity contribution in [3.8, 4) is 0 Å². The zero-order valence-corrected chi connectivity index (χ0v) is 10.8. The molecule has 0 aliphatic carbocycles. The van der Waals surface area contributed by atoms with Crippen LogP contribution in [0.15, 0.2) is 54.6 Å². The third-order valence-electron chi connectivity index (χ3n) is 3.25. The van der Waals surface area contributed by atoms with Gasteiger partial charge in [-0.15, -0.1) is 0 Å². The highest BCUT2D eigenvalue weighted by Gasteiger charge is 2.03. The summed E-state index contributed by atoms with van der Waals surface area (Å²) in [6, 6.07) is 18.9. The normalized spacial score (nSPS) is 10.3. The van der Waals surface area contributed by atoms with E-state index < -0.39 is 0 Å². The molecule has 0 radical (unpaired) electrons. The van der Waals surface area contributed by atoms with E-state index in [2.05, 4.69) is 54.4 Å². The summed E-state index contributed by atoms with van der Waals surface area (Å²) in [5.41, 5.74) is 9.61. The van der Waals surface area contributed by atoms with Crippen molar-refractivity contribution >= 4 is 5.69 Å². The first-order valence-corrected chi connectivity index (χ1v) is 6.34. The molecule has 0 aliphatic heterocycles. The van der Waals surface area contributed by atoms with Gasteiger partial charge in [0.2, 0.25) is 0 Å². The van der Waals surface area contributed by atoms with Crippen molar-refractivity contribution in [1.29, 1.82) is 0 Å². The minimum absolute atomic E-state index is 0.616. The quantitative estimate of drug-likeness (QED) is 0.870. The van der Waals surface area contributed by atoms with Crippen molar-refractivity contribution in [1.82, 2.24) is 0 Å². The summed E-state index contributed by atoms with van der Waals surface area (Å²) in [5.74, 6) is 0. The molecule has 0 saturated heterocycles. The van der Waals surface area contributed by atoms with E-state index in [0.29, 0.717) is 6.54 Å². The monoisotopic (exact) mass is 240 g/mol. The SMILES string of the molecule is CN(CCc1ccccc1CN)c1ccccc1. The number of hydrogen-bond donors (Lipinski definition) is 1. The van der Waals surface area contributed by atoms with Gasteiger partial charge in [0.1, 0.15) is 0 Å². The van der Waals surface area contributed by atoms with Gasteiger partial charge in [-0.25, -0.2) is 0 Å². The van der Waals surface area contributed by atoms with E-state index in [1.165, 1.54) is 16.8 Å². The Morgan fingerprint density at radius 1 is 0.889 bits per heavy atom. The predicted octanol–water partition coefficient (Wildman–Crippen LogP) is 2.82. The number of rotatable bonds is 5. The molecule has 0 spiro atoms. The van der Waals surface area contributed by atoms with Gasteiger partial charge in [-0.2, -0.15) is 0 Å². The van der Waals surface area contributed by atoms with E-state index in [-0.39, 0.29) is 0 Å². The van der Waals surface area contributed by atoms with Crippen LogP contribution in [0.5, 0.6) is 0 Å². The minimum Gasteiger partial charge on any atom is -0.374 e. The van der Waals surface area contributed by atoms with Crippen LogP contribution in [0.3, 0.4) is 0 Å². The zero-order chi connectivity index (χ0) is 12.8. The number of para-hydroxylation sites is 1. The summed E-state index contributed by atoms with van der Waals surface area (Å²) in [6.45, 7) is 1.62. The van der Waals surface area contributed by atoms with Crippen molar-refractivity contribution in [2.75, 3.05) is 18.5 Å². The molecule has 0 atom stereocenters.